The van der Waals surface area contributed by atoms with Gasteiger partial charge in [-0.25, -0.2) is 0 Å². The number of carbonyl (C=O) groups excluding carboxylic acids is 1. The molecule has 0 rings (SSSR count). The average molecular weight is 452 g/mol. The first-order valence-corrected chi connectivity index (χ1v) is 12.8. The fourth-order valence-corrected chi connectivity index (χ4v) is 3.51. The second kappa shape index (κ2) is 20.2. The Hall–Kier alpha value is -0.760. The summed E-state index contributed by atoms with van der Waals surface area (Å²) in [4.78, 5) is 23.3. The monoisotopic (exact) mass is 451 g/mol. The number of phosphoric ester groups is 1. The molecule has 1 unspecified atom stereocenters. The van der Waals surface area contributed by atoms with Crippen LogP contribution in [0.5, 0.6) is 0 Å². The number of phosphoric acid groups is 1. The predicted octanol–water partition coefficient (Wildman–Crippen LogP) is 2.89. The molecule has 2 atom stereocenters. The normalized spacial score (nSPS) is 14.7. The molecule has 0 aliphatic heterocycles. The lowest BCUT2D eigenvalue weighted by atomic mass is 10.1. The minimum Gasteiger partial charge on any atom is -0.756 e. The van der Waals surface area contributed by atoms with Crippen LogP contribution in [0.4, 0.5) is 0 Å². The fourth-order valence-electron chi connectivity index (χ4n) is 2.73. The van der Waals surface area contributed by atoms with E-state index in [4.69, 9.17) is 4.74 Å². The van der Waals surface area contributed by atoms with E-state index in [9.17, 15) is 19.4 Å². The molecule has 0 heterocycles. The van der Waals surface area contributed by atoms with Gasteiger partial charge in [0.2, 0.25) is 0 Å². The zero-order valence-corrected chi connectivity index (χ0v) is 19.5. The molecule has 0 spiro atoms. The molecule has 0 radical (unpaired) electrons. The molecule has 0 aliphatic rings. The Bertz CT molecular complexity index is 488. The Kier molecular flexibility index (Phi) is 19.6. The number of rotatable bonds is 21. The number of carbonyl (C=O) groups is 1. The summed E-state index contributed by atoms with van der Waals surface area (Å²) < 4.78 is 25.6. The van der Waals surface area contributed by atoms with Crippen molar-refractivity contribution in [2.24, 2.45) is 0 Å². The van der Waals surface area contributed by atoms with E-state index in [0.29, 0.717) is 6.42 Å². The molecular formula is C21H42NO7P. The minimum absolute atomic E-state index is 0.0829. The van der Waals surface area contributed by atoms with Crippen molar-refractivity contribution < 1.29 is 38.9 Å². The Morgan fingerprint density at radius 1 is 1.03 bits per heavy atom. The number of esters is 1. The van der Waals surface area contributed by atoms with Crippen LogP contribution in [0.25, 0.3) is 0 Å². The van der Waals surface area contributed by atoms with Gasteiger partial charge < -0.3 is 29.5 Å². The minimum atomic E-state index is -4.47. The maximum absolute atomic E-state index is 11.8. The van der Waals surface area contributed by atoms with Gasteiger partial charge in [-0.15, -0.1) is 0 Å². The first-order valence-electron chi connectivity index (χ1n) is 11.3. The second-order valence-electron chi connectivity index (χ2n) is 7.35. The van der Waals surface area contributed by atoms with Gasteiger partial charge in [-0.3, -0.25) is 9.36 Å². The lowest BCUT2D eigenvalue weighted by Crippen LogP contribution is -2.52. The molecule has 0 aromatic rings. The SMILES string of the molecule is CCCC/C=C/CCCCCCCCCC(=O)O[C@H](CO)COP(=O)([O-])OCC[NH3+]. The highest BCUT2D eigenvalue weighted by Crippen LogP contribution is 2.37. The Morgan fingerprint density at radius 3 is 2.23 bits per heavy atom. The number of hydrogen-bond donors (Lipinski definition) is 2. The zero-order valence-electron chi connectivity index (χ0n) is 18.6. The number of quaternary nitrogens is 1. The summed E-state index contributed by atoms with van der Waals surface area (Å²) in [6, 6.07) is 0. The van der Waals surface area contributed by atoms with E-state index in [-0.39, 0.29) is 19.6 Å². The summed E-state index contributed by atoms with van der Waals surface area (Å²) in [5.74, 6) is -0.466. The summed E-state index contributed by atoms with van der Waals surface area (Å²) in [7, 11) is -4.47. The molecule has 0 fully saturated rings. The Labute approximate surface area is 181 Å². The number of ether oxygens (including phenoxy) is 1. The number of allylic oxidation sites excluding steroid dienone is 2. The highest BCUT2D eigenvalue weighted by molar-refractivity contribution is 7.45. The van der Waals surface area contributed by atoms with Gasteiger partial charge in [-0.2, -0.15) is 0 Å². The zero-order chi connectivity index (χ0) is 22.5. The van der Waals surface area contributed by atoms with Crippen LogP contribution in [-0.4, -0.2) is 43.5 Å². The molecule has 178 valence electrons. The van der Waals surface area contributed by atoms with Crippen molar-refractivity contribution in [1.82, 2.24) is 0 Å². The molecule has 4 N–H and O–H groups in total. The van der Waals surface area contributed by atoms with Crippen molar-refractivity contribution >= 4 is 13.8 Å². The van der Waals surface area contributed by atoms with Gasteiger partial charge in [0.25, 0.3) is 7.82 Å². The largest absolute Gasteiger partial charge is 0.756 e. The van der Waals surface area contributed by atoms with Crippen molar-refractivity contribution in [2.45, 2.75) is 90.1 Å². The van der Waals surface area contributed by atoms with Crippen molar-refractivity contribution in [2.75, 3.05) is 26.4 Å². The van der Waals surface area contributed by atoms with Crippen molar-refractivity contribution in [3.63, 3.8) is 0 Å². The van der Waals surface area contributed by atoms with Crippen LogP contribution in [0.3, 0.4) is 0 Å². The third kappa shape index (κ3) is 19.2. The number of hydrogen-bond acceptors (Lipinski definition) is 7. The van der Waals surface area contributed by atoms with Crippen molar-refractivity contribution in [3.8, 4) is 0 Å². The molecule has 0 aliphatic carbocycles. The van der Waals surface area contributed by atoms with Crippen LogP contribution in [0.2, 0.25) is 0 Å². The summed E-state index contributed by atoms with van der Waals surface area (Å²) in [5.41, 5.74) is 3.46. The standard InChI is InChI=1S/C21H42NO7P/c1-2-3-4-5-6-7-8-9-10-11-12-13-14-15-21(24)29-20(18-23)19-28-30(25,26)27-17-16-22/h5-6,20,23H,2-4,7-19,22H2,1H3,(H,25,26)/b6-5+/t20-/m1/s1. The van der Waals surface area contributed by atoms with E-state index in [2.05, 4.69) is 33.9 Å². The van der Waals surface area contributed by atoms with Crippen LogP contribution in [-0.2, 0) is 23.1 Å². The van der Waals surface area contributed by atoms with Crippen LogP contribution in [0.1, 0.15) is 84.0 Å². The molecule has 8 nitrogen and oxygen atoms in total. The quantitative estimate of drug-likeness (QED) is 0.119. The van der Waals surface area contributed by atoms with Gasteiger partial charge in [0.05, 0.1) is 19.8 Å². The van der Waals surface area contributed by atoms with Gasteiger partial charge in [0.15, 0.2) is 0 Å². The number of aliphatic hydroxyl groups excluding tert-OH is 1. The molecular weight excluding hydrogens is 409 g/mol. The Balaban J connectivity index is 3.67. The summed E-state index contributed by atoms with van der Waals surface area (Å²) in [5, 5.41) is 9.23. The van der Waals surface area contributed by atoms with Crippen molar-refractivity contribution in [3.05, 3.63) is 12.2 Å². The van der Waals surface area contributed by atoms with Gasteiger partial charge in [0.1, 0.15) is 12.7 Å². The third-order valence-electron chi connectivity index (χ3n) is 4.46. The van der Waals surface area contributed by atoms with E-state index in [1.807, 2.05) is 0 Å². The highest BCUT2D eigenvalue weighted by atomic mass is 31.2. The first-order chi connectivity index (χ1) is 14.4. The van der Waals surface area contributed by atoms with Crippen LogP contribution < -0.4 is 10.6 Å². The molecule has 0 saturated heterocycles. The Morgan fingerprint density at radius 2 is 1.63 bits per heavy atom. The molecule has 0 aromatic heterocycles. The van der Waals surface area contributed by atoms with Gasteiger partial charge in [0, 0.05) is 6.42 Å². The molecule has 9 heteroatoms. The van der Waals surface area contributed by atoms with E-state index < -0.39 is 33.1 Å². The summed E-state index contributed by atoms with van der Waals surface area (Å²) >= 11 is 0. The molecule has 0 amide bonds. The van der Waals surface area contributed by atoms with Gasteiger partial charge >= 0.3 is 5.97 Å². The van der Waals surface area contributed by atoms with E-state index >= 15 is 0 Å². The molecule has 30 heavy (non-hydrogen) atoms. The maximum atomic E-state index is 11.8. The highest BCUT2D eigenvalue weighted by Gasteiger charge is 2.18. The van der Waals surface area contributed by atoms with Crippen LogP contribution in [0, 0.1) is 0 Å². The topological polar surface area (TPSA) is 133 Å². The van der Waals surface area contributed by atoms with Gasteiger partial charge in [-0.1, -0.05) is 64.0 Å². The maximum Gasteiger partial charge on any atom is 0.306 e. The summed E-state index contributed by atoms with van der Waals surface area (Å²) in [6.07, 6.45) is 16.2. The second-order valence-corrected chi connectivity index (χ2v) is 8.76. The van der Waals surface area contributed by atoms with E-state index in [0.717, 1.165) is 25.7 Å². The molecule has 0 bridgehead atoms. The molecule has 0 aromatic carbocycles. The number of aliphatic hydroxyl groups is 1. The fraction of sp³-hybridized carbons (Fsp3) is 0.857. The van der Waals surface area contributed by atoms with Crippen LogP contribution >= 0.6 is 7.82 Å². The van der Waals surface area contributed by atoms with Crippen LogP contribution in [0.15, 0.2) is 12.2 Å². The lowest BCUT2D eigenvalue weighted by Gasteiger charge is -2.24. The van der Waals surface area contributed by atoms with Crippen molar-refractivity contribution in [1.29, 1.82) is 0 Å². The lowest BCUT2D eigenvalue weighted by molar-refractivity contribution is -0.373. The predicted molar refractivity (Wildman–Crippen MR) is 114 cm³/mol. The van der Waals surface area contributed by atoms with E-state index in [1.165, 1.54) is 38.5 Å². The third-order valence-corrected chi connectivity index (χ3v) is 5.42. The molecule has 0 saturated carbocycles. The average Bonchev–Trinajstić information content (AvgIpc) is 2.73. The van der Waals surface area contributed by atoms with Gasteiger partial charge in [-0.05, 0) is 25.7 Å². The smallest absolute Gasteiger partial charge is 0.306 e. The summed E-state index contributed by atoms with van der Waals surface area (Å²) in [6.45, 7) is 1.42. The van der Waals surface area contributed by atoms with E-state index in [1.54, 1.807) is 0 Å². The first kappa shape index (κ1) is 29.2. The number of unbranched alkanes of at least 4 members (excludes halogenated alkanes) is 9.